The van der Waals surface area contributed by atoms with Crippen LogP contribution < -0.4 is 10.6 Å². The predicted molar refractivity (Wildman–Crippen MR) is 75.3 cm³/mol. The Labute approximate surface area is 118 Å². The number of amides is 1. The molecule has 1 rings (SSSR count). The molecule has 0 saturated carbocycles. The van der Waals surface area contributed by atoms with E-state index in [1.807, 2.05) is 12.1 Å². The van der Waals surface area contributed by atoms with Gasteiger partial charge in [-0.2, -0.15) is 0 Å². The SMILES string of the molecule is COCCNCC(=O)NCc1ccc(Cl)cc1.Cl. The van der Waals surface area contributed by atoms with Crippen molar-refractivity contribution in [2.24, 2.45) is 0 Å². The highest BCUT2D eigenvalue weighted by Gasteiger charge is 2.00. The molecule has 2 N–H and O–H groups in total. The second-order valence-corrected chi connectivity index (χ2v) is 4.01. The van der Waals surface area contributed by atoms with Gasteiger partial charge in [0.25, 0.3) is 0 Å². The van der Waals surface area contributed by atoms with Crippen molar-refractivity contribution in [3.05, 3.63) is 34.9 Å². The minimum atomic E-state index is -0.0314. The summed E-state index contributed by atoms with van der Waals surface area (Å²) in [7, 11) is 1.63. The van der Waals surface area contributed by atoms with Gasteiger partial charge >= 0.3 is 0 Å². The Morgan fingerprint density at radius 2 is 2.00 bits per heavy atom. The van der Waals surface area contributed by atoms with Crippen molar-refractivity contribution in [1.29, 1.82) is 0 Å². The summed E-state index contributed by atoms with van der Waals surface area (Å²) in [6.45, 7) is 2.09. The molecular formula is C12H18Cl2N2O2. The lowest BCUT2D eigenvalue weighted by Gasteiger charge is -2.06. The van der Waals surface area contributed by atoms with Crippen molar-refractivity contribution in [1.82, 2.24) is 10.6 Å². The standard InChI is InChI=1S/C12H17ClN2O2.ClH/c1-17-7-6-14-9-12(16)15-8-10-2-4-11(13)5-3-10;/h2-5,14H,6-9H2,1H3,(H,15,16);1H. The number of halogens is 2. The third-order valence-electron chi connectivity index (χ3n) is 2.17. The van der Waals surface area contributed by atoms with Crippen molar-refractivity contribution >= 4 is 29.9 Å². The molecule has 102 valence electrons. The quantitative estimate of drug-likeness (QED) is 0.751. The Kier molecular flexibility index (Phi) is 9.69. The molecule has 0 atom stereocenters. The van der Waals surface area contributed by atoms with Gasteiger partial charge in [-0.3, -0.25) is 4.79 Å². The van der Waals surface area contributed by atoms with Crippen LogP contribution in [0.3, 0.4) is 0 Å². The van der Waals surface area contributed by atoms with Gasteiger partial charge in [0.2, 0.25) is 5.91 Å². The molecule has 0 unspecified atom stereocenters. The van der Waals surface area contributed by atoms with Gasteiger partial charge in [-0.15, -0.1) is 12.4 Å². The second kappa shape index (κ2) is 10.1. The highest BCUT2D eigenvalue weighted by atomic mass is 35.5. The first-order chi connectivity index (χ1) is 8.22. The maximum Gasteiger partial charge on any atom is 0.234 e. The molecule has 0 radical (unpaired) electrons. The third-order valence-corrected chi connectivity index (χ3v) is 2.42. The highest BCUT2D eigenvalue weighted by Crippen LogP contribution is 2.08. The second-order valence-electron chi connectivity index (χ2n) is 3.57. The Hall–Kier alpha value is -0.810. The summed E-state index contributed by atoms with van der Waals surface area (Å²) < 4.78 is 4.86. The van der Waals surface area contributed by atoms with Crippen molar-refractivity contribution in [3.8, 4) is 0 Å². The summed E-state index contributed by atoms with van der Waals surface area (Å²) in [5.74, 6) is -0.0314. The van der Waals surface area contributed by atoms with E-state index < -0.39 is 0 Å². The average molecular weight is 293 g/mol. The van der Waals surface area contributed by atoms with Crippen molar-refractivity contribution in [3.63, 3.8) is 0 Å². The van der Waals surface area contributed by atoms with E-state index in [0.29, 0.717) is 31.3 Å². The number of nitrogens with one attached hydrogen (secondary N) is 2. The van der Waals surface area contributed by atoms with E-state index in [1.54, 1.807) is 19.2 Å². The molecule has 0 aliphatic heterocycles. The molecule has 0 aliphatic rings. The van der Waals surface area contributed by atoms with Gasteiger partial charge in [-0.1, -0.05) is 23.7 Å². The van der Waals surface area contributed by atoms with Crippen LogP contribution in [0, 0.1) is 0 Å². The summed E-state index contributed by atoms with van der Waals surface area (Å²) in [4.78, 5) is 11.4. The van der Waals surface area contributed by atoms with Gasteiger partial charge in [0.05, 0.1) is 13.2 Å². The van der Waals surface area contributed by atoms with Gasteiger partial charge in [-0.25, -0.2) is 0 Å². The fourth-order valence-corrected chi connectivity index (χ4v) is 1.37. The van der Waals surface area contributed by atoms with E-state index in [-0.39, 0.29) is 18.3 Å². The zero-order valence-corrected chi connectivity index (χ0v) is 11.8. The molecular weight excluding hydrogens is 275 g/mol. The van der Waals surface area contributed by atoms with Gasteiger partial charge < -0.3 is 15.4 Å². The van der Waals surface area contributed by atoms with Crippen molar-refractivity contribution in [2.45, 2.75) is 6.54 Å². The third kappa shape index (κ3) is 7.50. The Bertz CT molecular complexity index is 344. The first-order valence-electron chi connectivity index (χ1n) is 5.43. The molecule has 0 heterocycles. The molecule has 0 aromatic heterocycles. The topological polar surface area (TPSA) is 50.4 Å². The summed E-state index contributed by atoms with van der Waals surface area (Å²) in [5, 5.41) is 6.48. The zero-order chi connectivity index (χ0) is 12.5. The number of carbonyl (C=O) groups is 1. The molecule has 18 heavy (non-hydrogen) atoms. The Morgan fingerprint density at radius 3 is 2.61 bits per heavy atom. The van der Waals surface area contributed by atoms with Crippen LogP contribution in [0.2, 0.25) is 5.02 Å². The van der Waals surface area contributed by atoms with E-state index >= 15 is 0 Å². The van der Waals surface area contributed by atoms with Gasteiger partial charge in [0.1, 0.15) is 0 Å². The number of ether oxygens (including phenoxy) is 1. The maximum absolute atomic E-state index is 11.4. The number of hydrogen-bond donors (Lipinski definition) is 2. The van der Waals surface area contributed by atoms with Crippen LogP contribution in [0.15, 0.2) is 24.3 Å². The lowest BCUT2D eigenvalue weighted by molar-refractivity contribution is -0.120. The number of hydrogen-bond acceptors (Lipinski definition) is 3. The van der Waals surface area contributed by atoms with Crippen LogP contribution in [-0.2, 0) is 16.1 Å². The van der Waals surface area contributed by atoms with Crippen molar-refractivity contribution < 1.29 is 9.53 Å². The van der Waals surface area contributed by atoms with E-state index in [0.717, 1.165) is 5.56 Å². The van der Waals surface area contributed by atoms with Crippen LogP contribution in [0.4, 0.5) is 0 Å². The molecule has 0 spiro atoms. The largest absolute Gasteiger partial charge is 0.383 e. The van der Waals surface area contributed by atoms with Crippen LogP contribution in [-0.4, -0.2) is 32.7 Å². The summed E-state index contributed by atoms with van der Waals surface area (Å²) in [5.41, 5.74) is 1.03. The molecule has 0 bridgehead atoms. The van der Waals surface area contributed by atoms with Gasteiger partial charge in [-0.05, 0) is 17.7 Å². The van der Waals surface area contributed by atoms with Crippen LogP contribution in [0.25, 0.3) is 0 Å². The maximum atomic E-state index is 11.4. The first-order valence-corrected chi connectivity index (χ1v) is 5.81. The van der Waals surface area contributed by atoms with E-state index in [2.05, 4.69) is 10.6 Å². The summed E-state index contributed by atoms with van der Waals surface area (Å²) in [6.07, 6.45) is 0. The van der Waals surface area contributed by atoms with E-state index in [4.69, 9.17) is 16.3 Å². The van der Waals surface area contributed by atoms with E-state index in [1.165, 1.54) is 0 Å². The average Bonchev–Trinajstić information content (AvgIpc) is 2.34. The smallest absolute Gasteiger partial charge is 0.234 e. The van der Waals surface area contributed by atoms with Crippen LogP contribution in [0.5, 0.6) is 0 Å². The number of rotatable bonds is 7. The van der Waals surface area contributed by atoms with Crippen LogP contribution >= 0.6 is 24.0 Å². The zero-order valence-electron chi connectivity index (χ0n) is 10.2. The monoisotopic (exact) mass is 292 g/mol. The normalized spacial score (nSPS) is 9.67. The lowest BCUT2D eigenvalue weighted by Crippen LogP contribution is -2.34. The fraction of sp³-hybridized carbons (Fsp3) is 0.417. The van der Waals surface area contributed by atoms with Gasteiger partial charge in [0, 0.05) is 25.2 Å². The highest BCUT2D eigenvalue weighted by molar-refractivity contribution is 6.30. The van der Waals surface area contributed by atoms with E-state index in [9.17, 15) is 4.79 Å². The van der Waals surface area contributed by atoms with Crippen LogP contribution in [0.1, 0.15) is 5.56 Å². The minimum absolute atomic E-state index is 0. The first kappa shape index (κ1) is 17.2. The lowest BCUT2D eigenvalue weighted by atomic mass is 10.2. The molecule has 0 fully saturated rings. The number of methoxy groups -OCH3 is 1. The molecule has 1 aromatic carbocycles. The van der Waals surface area contributed by atoms with Gasteiger partial charge in [0.15, 0.2) is 0 Å². The molecule has 0 aliphatic carbocycles. The number of benzene rings is 1. The molecule has 4 nitrogen and oxygen atoms in total. The molecule has 1 aromatic rings. The summed E-state index contributed by atoms with van der Waals surface area (Å²) >= 11 is 5.76. The molecule has 1 amide bonds. The fourth-order valence-electron chi connectivity index (χ4n) is 1.24. The Morgan fingerprint density at radius 1 is 1.33 bits per heavy atom. The minimum Gasteiger partial charge on any atom is -0.383 e. The molecule has 0 saturated heterocycles. The Balaban J connectivity index is 0.00000289. The predicted octanol–water partition coefficient (Wildman–Crippen LogP) is 1.61. The van der Waals surface area contributed by atoms with Crippen molar-refractivity contribution in [2.75, 3.05) is 26.8 Å². The number of carbonyl (C=O) groups excluding carboxylic acids is 1. The molecule has 6 heteroatoms. The summed E-state index contributed by atoms with van der Waals surface area (Å²) in [6, 6.07) is 7.39.